The first-order chi connectivity index (χ1) is 16.1. The topological polar surface area (TPSA) is 108 Å². The maximum Gasteiger partial charge on any atom is 0.259 e. The SMILES string of the molecule is CCOc1ccc(CNC(=O)c2cnn(-c3ccc(-c4nc(C5CC5)no4)cn3)c2C)cc1. The third-order valence-corrected chi connectivity index (χ3v) is 5.54. The van der Waals surface area contributed by atoms with Crippen LogP contribution in [-0.4, -0.2) is 37.4 Å². The number of nitrogens with one attached hydrogen (secondary N) is 1. The molecule has 1 aliphatic carbocycles. The molecule has 3 aromatic heterocycles. The van der Waals surface area contributed by atoms with E-state index in [1.807, 2.05) is 50.2 Å². The Labute approximate surface area is 190 Å². The number of hydrogen-bond acceptors (Lipinski definition) is 7. The second kappa shape index (κ2) is 8.85. The molecule has 1 aliphatic rings. The molecule has 0 unspecified atom stereocenters. The summed E-state index contributed by atoms with van der Waals surface area (Å²) in [6.45, 7) is 4.82. The monoisotopic (exact) mass is 444 g/mol. The molecule has 0 aliphatic heterocycles. The Hall–Kier alpha value is -4.01. The van der Waals surface area contributed by atoms with Crippen molar-refractivity contribution in [1.29, 1.82) is 0 Å². The second-order valence-electron chi connectivity index (χ2n) is 7.95. The van der Waals surface area contributed by atoms with Gasteiger partial charge in [0.15, 0.2) is 11.6 Å². The minimum atomic E-state index is -0.192. The van der Waals surface area contributed by atoms with E-state index < -0.39 is 0 Å². The van der Waals surface area contributed by atoms with Crippen molar-refractivity contribution in [1.82, 2.24) is 30.2 Å². The number of benzene rings is 1. The number of carbonyl (C=O) groups excluding carboxylic acids is 1. The van der Waals surface area contributed by atoms with Crippen LogP contribution in [0.2, 0.25) is 0 Å². The van der Waals surface area contributed by atoms with Crippen molar-refractivity contribution in [3.8, 4) is 23.0 Å². The highest BCUT2D eigenvalue weighted by Gasteiger charge is 2.29. The van der Waals surface area contributed by atoms with Crippen LogP contribution in [-0.2, 0) is 6.54 Å². The van der Waals surface area contributed by atoms with Crippen LogP contribution in [0.15, 0.2) is 53.3 Å². The summed E-state index contributed by atoms with van der Waals surface area (Å²) in [5, 5.41) is 11.3. The number of nitrogens with zero attached hydrogens (tertiary/aromatic N) is 5. The third kappa shape index (κ3) is 4.48. The van der Waals surface area contributed by atoms with Crippen LogP contribution < -0.4 is 10.1 Å². The number of ether oxygens (including phenoxy) is 1. The van der Waals surface area contributed by atoms with E-state index >= 15 is 0 Å². The van der Waals surface area contributed by atoms with Gasteiger partial charge in [-0.05, 0) is 56.5 Å². The fraction of sp³-hybridized carbons (Fsp3) is 0.292. The van der Waals surface area contributed by atoms with E-state index in [1.165, 1.54) is 0 Å². The van der Waals surface area contributed by atoms with Crippen LogP contribution in [0, 0.1) is 6.92 Å². The number of carbonyl (C=O) groups is 1. The van der Waals surface area contributed by atoms with E-state index in [9.17, 15) is 4.79 Å². The predicted octanol–water partition coefficient (Wildman–Crippen LogP) is 3.83. The Morgan fingerprint density at radius 2 is 2.00 bits per heavy atom. The quantitative estimate of drug-likeness (QED) is 0.440. The zero-order valence-electron chi connectivity index (χ0n) is 18.5. The van der Waals surface area contributed by atoms with Gasteiger partial charge in [0.2, 0.25) is 0 Å². The van der Waals surface area contributed by atoms with Crippen LogP contribution in [0.3, 0.4) is 0 Å². The Morgan fingerprint density at radius 3 is 2.70 bits per heavy atom. The van der Waals surface area contributed by atoms with E-state index in [0.29, 0.717) is 42.0 Å². The zero-order valence-corrected chi connectivity index (χ0v) is 18.5. The summed E-state index contributed by atoms with van der Waals surface area (Å²) < 4.78 is 12.4. The smallest absolute Gasteiger partial charge is 0.259 e. The molecular weight excluding hydrogens is 420 g/mol. The van der Waals surface area contributed by atoms with Gasteiger partial charge in [-0.3, -0.25) is 4.79 Å². The minimum absolute atomic E-state index is 0.192. The lowest BCUT2D eigenvalue weighted by Gasteiger charge is -2.08. The first-order valence-electron chi connectivity index (χ1n) is 11.0. The Morgan fingerprint density at radius 1 is 1.18 bits per heavy atom. The predicted molar refractivity (Wildman–Crippen MR) is 120 cm³/mol. The highest BCUT2D eigenvalue weighted by Crippen LogP contribution is 2.38. The number of amides is 1. The van der Waals surface area contributed by atoms with E-state index in [4.69, 9.17) is 9.26 Å². The van der Waals surface area contributed by atoms with Gasteiger partial charge >= 0.3 is 0 Å². The summed E-state index contributed by atoms with van der Waals surface area (Å²) in [7, 11) is 0. The van der Waals surface area contributed by atoms with Gasteiger partial charge in [-0.2, -0.15) is 10.1 Å². The fourth-order valence-electron chi connectivity index (χ4n) is 3.51. The highest BCUT2D eigenvalue weighted by atomic mass is 16.5. The molecule has 9 heteroatoms. The van der Waals surface area contributed by atoms with Crippen molar-refractivity contribution in [3.05, 3.63) is 71.4 Å². The second-order valence-corrected chi connectivity index (χ2v) is 7.95. The van der Waals surface area contributed by atoms with Crippen LogP contribution in [0.1, 0.15) is 53.1 Å². The maximum atomic E-state index is 12.7. The molecule has 1 amide bonds. The first kappa shape index (κ1) is 20.9. The standard InChI is InChI=1S/C24H24N6O3/c1-3-32-19-9-4-16(5-10-19)12-26-23(31)20-14-27-30(15(20)2)21-11-8-18(13-25-21)24-28-22(29-33-24)17-6-7-17/h4-5,8-11,13-14,17H,3,6-7,12H2,1-2H3,(H,26,31). The number of pyridine rings is 1. The molecule has 1 N–H and O–H groups in total. The van der Waals surface area contributed by atoms with Crippen LogP contribution in [0.25, 0.3) is 17.3 Å². The summed E-state index contributed by atoms with van der Waals surface area (Å²) >= 11 is 0. The van der Waals surface area contributed by atoms with Gasteiger partial charge in [0.25, 0.3) is 11.8 Å². The summed E-state index contributed by atoms with van der Waals surface area (Å²) in [6.07, 6.45) is 5.46. The minimum Gasteiger partial charge on any atom is -0.494 e. The third-order valence-electron chi connectivity index (χ3n) is 5.54. The molecule has 0 radical (unpaired) electrons. The van der Waals surface area contributed by atoms with Crippen LogP contribution in [0.5, 0.6) is 5.75 Å². The highest BCUT2D eigenvalue weighted by molar-refractivity contribution is 5.95. The summed E-state index contributed by atoms with van der Waals surface area (Å²) in [4.78, 5) is 21.6. The molecule has 168 valence electrons. The van der Waals surface area contributed by atoms with Crippen molar-refractivity contribution in [2.75, 3.05) is 6.61 Å². The zero-order chi connectivity index (χ0) is 22.8. The normalized spacial score (nSPS) is 13.2. The summed E-state index contributed by atoms with van der Waals surface area (Å²) in [6, 6.07) is 11.3. The molecule has 5 rings (SSSR count). The largest absolute Gasteiger partial charge is 0.494 e. The van der Waals surface area contributed by atoms with Crippen molar-refractivity contribution >= 4 is 5.91 Å². The van der Waals surface area contributed by atoms with Crippen molar-refractivity contribution < 1.29 is 14.1 Å². The van der Waals surface area contributed by atoms with E-state index in [-0.39, 0.29) is 5.91 Å². The molecule has 3 heterocycles. The van der Waals surface area contributed by atoms with Gasteiger partial charge in [0.1, 0.15) is 5.75 Å². The van der Waals surface area contributed by atoms with E-state index in [1.54, 1.807) is 17.1 Å². The van der Waals surface area contributed by atoms with Gasteiger partial charge in [-0.25, -0.2) is 9.67 Å². The number of hydrogen-bond donors (Lipinski definition) is 1. The van der Waals surface area contributed by atoms with Crippen molar-refractivity contribution in [2.24, 2.45) is 0 Å². The number of aromatic nitrogens is 5. The molecule has 1 aromatic carbocycles. The van der Waals surface area contributed by atoms with Gasteiger partial charge in [-0.15, -0.1) is 0 Å². The average Bonchev–Trinajstić information content (AvgIpc) is 3.44. The first-order valence-corrected chi connectivity index (χ1v) is 11.0. The molecule has 0 bridgehead atoms. The summed E-state index contributed by atoms with van der Waals surface area (Å²) in [5.74, 6) is 2.87. The van der Waals surface area contributed by atoms with Crippen molar-refractivity contribution in [3.63, 3.8) is 0 Å². The molecular formula is C24H24N6O3. The molecule has 33 heavy (non-hydrogen) atoms. The maximum absolute atomic E-state index is 12.7. The Bertz CT molecular complexity index is 1260. The molecule has 4 aromatic rings. The lowest BCUT2D eigenvalue weighted by atomic mass is 10.2. The van der Waals surface area contributed by atoms with Gasteiger partial charge < -0.3 is 14.6 Å². The lowest BCUT2D eigenvalue weighted by molar-refractivity contribution is 0.0950. The van der Waals surface area contributed by atoms with Crippen LogP contribution in [0.4, 0.5) is 0 Å². The lowest BCUT2D eigenvalue weighted by Crippen LogP contribution is -2.23. The Kier molecular flexibility index (Phi) is 5.60. The van der Waals surface area contributed by atoms with Crippen LogP contribution >= 0.6 is 0 Å². The summed E-state index contributed by atoms with van der Waals surface area (Å²) in [5.41, 5.74) is 2.93. The van der Waals surface area contributed by atoms with Gasteiger partial charge in [-0.1, -0.05) is 17.3 Å². The number of rotatable bonds is 8. The molecule has 0 spiro atoms. The molecule has 1 fully saturated rings. The van der Waals surface area contributed by atoms with Gasteiger partial charge in [0.05, 0.1) is 29.6 Å². The van der Waals surface area contributed by atoms with Crippen molar-refractivity contribution in [2.45, 2.75) is 39.2 Å². The van der Waals surface area contributed by atoms with E-state index in [2.05, 4.69) is 25.5 Å². The fourth-order valence-corrected chi connectivity index (χ4v) is 3.51. The Balaban J connectivity index is 1.25. The molecule has 0 saturated heterocycles. The molecule has 9 nitrogen and oxygen atoms in total. The average molecular weight is 444 g/mol. The van der Waals surface area contributed by atoms with E-state index in [0.717, 1.165) is 35.5 Å². The molecule has 0 atom stereocenters. The van der Waals surface area contributed by atoms with Gasteiger partial charge in [0, 0.05) is 18.7 Å². The molecule has 1 saturated carbocycles.